The number of imide groups is 1. The van der Waals surface area contributed by atoms with Crippen molar-refractivity contribution in [1.29, 1.82) is 0 Å². The minimum Gasteiger partial charge on any atom is -0.447 e. The van der Waals surface area contributed by atoms with Crippen molar-refractivity contribution in [3.63, 3.8) is 0 Å². The van der Waals surface area contributed by atoms with Gasteiger partial charge in [-0.15, -0.1) is 0 Å². The Morgan fingerprint density at radius 2 is 2.14 bits per heavy atom. The number of nitrogens with zero attached hydrogens (tertiary/aromatic N) is 1. The van der Waals surface area contributed by atoms with Crippen molar-refractivity contribution in [2.75, 3.05) is 6.61 Å². The zero-order valence-corrected chi connectivity index (χ0v) is 13.2. The molecule has 0 N–H and O–H groups in total. The Morgan fingerprint density at radius 3 is 2.77 bits per heavy atom. The van der Waals surface area contributed by atoms with Gasteiger partial charge in [-0.1, -0.05) is 49.4 Å². The molecule has 0 aliphatic carbocycles. The van der Waals surface area contributed by atoms with E-state index in [0.717, 1.165) is 5.56 Å². The predicted molar refractivity (Wildman–Crippen MR) is 85.3 cm³/mol. The SMILES string of the molecule is C/C=C/C[C@@H](CC)C(=O)N1C(=O)OC[C@@H]1Cc1ccccc1. The molecule has 1 aromatic carbocycles. The van der Waals surface area contributed by atoms with E-state index in [1.807, 2.05) is 56.3 Å². The van der Waals surface area contributed by atoms with Crippen LogP contribution >= 0.6 is 0 Å². The average Bonchev–Trinajstić information content (AvgIpc) is 2.89. The lowest BCUT2D eigenvalue weighted by atomic mass is 9.98. The Morgan fingerprint density at radius 1 is 1.41 bits per heavy atom. The smallest absolute Gasteiger partial charge is 0.416 e. The molecule has 4 nitrogen and oxygen atoms in total. The highest BCUT2D eigenvalue weighted by Gasteiger charge is 2.39. The quantitative estimate of drug-likeness (QED) is 0.755. The molecule has 2 atom stereocenters. The number of carbonyl (C=O) groups excluding carboxylic acids is 2. The highest BCUT2D eigenvalue weighted by atomic mass is 16.6. The van der Waals surface area contributed by atoms with Crippen LogP contribution in [0.5, 0.6) is 0 Å². The number of cyclic esters (lactones) is 1. The Balaban J connectivity index is 2.11. The third-order valence-electron chi connectivity index (χ3n) is 4.01. The fraction of sp³-hybridized carbons (Fsp3) is 0.444. The first-order valence-electron chi connectivity index (χ1n) is 7.82. The summed E-state index contributed by atoms with van der Waals surface area (Å²) in [6.07, 6.45) is 5.40. The van der Waals surface area contributed by atoms with Crippen molar-refractivity contribution in [3.05, 3.63) is 48.0 Å². The number of rotatable bonds is 6. The normalized spacial score (nSPS) is 19.5. The molecule has 0 saturated carbocycles. The standard InChI is InChI=1S/C18H23NO3/c1-3-5-11-15(4-2)17(20)19-16(13-22-18(19)21)12-14-9-7-6-8-10-14/h3,5-10,15-16H,4,11-13H2,1-2H3/b5-3+/t15-,16+/m1/s1. The molecule has 1 fully saturated rings. The molecular weight excluding hydrogens is 278 g/mol. The van der Waals surface area contributed by atoms with Gasteiger partial charge in [-0.2, -0.15) is 0 Å². The van der Waals surface area contributed by atoms with Crippen LogP contribution in [0.15, 0.2) is 42.5 Å². The highest BCUT2D eigenvalue weighted by molar-refractivity contribution is 5.94. The van der Waals surface area contributed by atoms with Gasteiger partial charge >= 0.3 is 6.09 Å². The van der Waals surface area contributed by atoms with Gasteiger partial charge in [0, 0.05) is 5.92 Å². The van der Waals surface area contributed by atoms with Crippen LogP contribution in [0, 0.1) is 5.92 Å². The lowest BCUT2D eigenvalue weighted by Crippen LogP contribution is -2.43. The lowest BCUT2D eigenvalue weighted by Gasteiger charge is -2.23. The van der Waals surface area contributed by atoms with Crippen molar-refractivity contribution in [2.45, 2.75) is 39.2 Å². The van der Waals surface area contributed by atoms with Gasteiger partial charge in [-0.05, 0) is 31.7 Å². The third-order valence-corrected chi connectivity index (χ3v) is 4.01. The summed E-state index contributed by atoms with van der Waals surface area (Å²) in [5.74, 6) is -0.288. The number of carbonyl (C=O) groups is 2. The van der Waals surface area contributed by atoms with Crippen molar-refractivity contribution < 1.29 is 14.3 Å². The molecule has 1 heterocycles. The van der Waals surface area contributed by atoms with Gasteiger partial charge in [0.25, 0.3) is 0 Å². The van der Waals surface area contributed by atoms with E-state index in [2.05, 4.69) is 0 Å². The van der Waals surface area contributed by atoms with Gasteiger partial charge in [0.2, 0.25) is 5.91 Å². The van der Waals surface area contributed by atoms with Crippen LogP contribution in [0.25, 0.3) is 0 Å². The minimum absolute atomic E-state index is 0.121. The Labute approximate surface area is 131 Å². The van der Waals surface area contributed by atoms with Crippen molar-refractivity contribution >= 4 is 12.0 Å². The predicted octanol–water partition coefficient (Wildman–Crippen LogP) is 3.57. The van der Waals surface area contributed by atoms with Gasteiger partial charge in [-0.25, -0.2) is 9.69 Å². The second-order valence-corrected chi connectivity index (χ2v) is 5.54. The van der Waals surface area contributed by atoms with E-state index in [4.69, 9.17) is 4.74 Å². The number of benzene rings is 1. The molecule has 0 spiro atoms. The second-order valence-electron chi connectivity index (χ2n) is 5.54. The minimum atomic E-state index is -0.509. The molecule has 1 saturated heterocycles. The van der Waals surface area contributed by atoms with Crippen molar-refractivity contribution in [2.24, 2.45) is 5.92 Å². The maximum Gasteiger partial charge on any atom is 0.416 e. The maximum absolute atomic E-state index is 12.7. The largest absolute Gasteiger partial charge is 0.447 e. The molecule has 4 heteroatoms. The van der Waals surface area contributed by atoms with Gasteiger partial charge in [0.1, 0.15) is 6.61 Å². The summed E-state index contributed by atoms with van der Waals surface area (Å²) in [7, 11) is 0. The Kier molecular flexibility index (Phi) is 5.75. The lowest BCUT2D eigenvalue weighted by molar-refractivity contribution is -0.133. The van der Waals surface area contributed by atoms with Crippen LogP contribution < -0.4 is 0 Å². The second kappa shape index (κ2) is 7.78. The van der Waals surface area contributed by atoms with Crippen LogP contribution in [0.2, 0.25) is 0 Å². The molecule has 0 aromatic heterocycles. The molecule has 0 bridgehead atoms. The topological polar surface area (TPSA) is 46.6 Å². The zero-order valence-electron chi connectivity index (χ0n) is 13.2. The molecule has 0 radical (unpaired) electrons. The maximum atomic E-state index is 12.7. The summed E-state index contributed by atoms with van der Waals surface area (Å²) in [6.45, 7) is 4.18. The molecule has 2 rings (SSSR count). The molecule has 118 valence electrons. The molecule has 22 heavy (non-hydrogen) atoms. The Bertz CT molecular complexity index is 539. The average molecular weight is 301 g/mol. The van der Waals surface area contributed by atoms with E-state index < -0.39 is 6.09 Å². The summed E-state index contributed by atoms with van der Waals surface area (Å²) in [6, 6.07) is 9.67. The van der Waals surface area contributed by atoms with Crippen LogP contribution in [-0.4, -0.2) is 29.5 Å². The molecule has 1 aliphatic rings. The third kappa shape index (κ3) is 3.75. The number of hydrogen-bond donors (Lipinski definition) is 0. The van der Waals surface area contributed by atoms with E-state index in [1.165, 1.54) is 4.90 Å². The first-order valence-corrected chi connectivity index (χ1v) is 7.82. The van der Waals surface area contributed by atoms with Crippen LogP contribution in [0.4, 0.5) is 4.79 Å². The highest BCUT2D eigenvalue weighted by Crippen LogP contribution is 2.22. The van der Waals surface area contributed by atoms with Crippen LogP contribution in [0.3, 0.4) is 0 Å². The summed E-state index contributed by atoms with van der Waals surface area (Å²) < 4.78 is 5.12. The molecule has 1 aromatic rings. The molecule has 1 aliphatic heterocycles. The van der Waals surface area contributed by atoms with Gasteiger partial charge in [0.05, 0.1) is 6.04 Å². The van der Waals surface area contributed by atoms with E-state index in [9.17, 15) is 9.59 Å². The summed E-state index contributed by atoms with van der Waals surface area (Å²) in [5.41, 5.74) is 1.10. The van der Waals surface area contributed by atoms with E-state index >= 15 is 0 Å². The summed E-state index contributed by atoms with van der Waals surface area (Å²) >= 11 is 0. The van der Waals surface area contributed by atoms with E-state index in [1.54, 1.807) is 0 Å². The van der Waals surface area contributed by atoms with Gasteiger partial charge in [0.15, 0.2) is 0 Å². The fourth-order valence-corrected chi connectivity index (χ4v) is 2.71. The van der Waals surface area contributed by atoms with E-state index in [0.29, 0.717) is 19.3 Å². The number of hydrogen-bond acceptors (Lipinski definition) is 3. The zero-order chi connectivity index (χ0) is 15.9. The first-order chi connectivity index (χ1) is 10.7. The van der Waals surface area contributed by atoms with Crippen LogP contribution in [-0.2, 0) is 16.0 Å². The van der Waals surface area contributed by atoms with Crippen molar-refractivity contribution in [3.8, 4) is 0 Å². The van der Waals surface area contributed by atoms with Gasteiger partial charge in [-0.3, -0.25) is 4.79 Å². The summed E-state index contributed by atoms with van der Waals surface area (Å²) in [5, 5.41) is 0. The van der Waals surface area contributed by atoms with Gasteiger partial charge < -0.3 is 4.74 Å². The summed E-state index contributed by atoms with van der Waals surface area (Å²) in [4.78, 5) is 26.0. The fourth-order valence-electron chi connectivity index (χ4n) is 2.71. The van der Waals surface area contributed by atoms with Crippen LogP contribution in [0.1, 0.15) is 32.3 Å². The monoisotopic (exact) mass is 301 g/mol. The molecule has 2 amide bonds. The number of allylic oxidation sites excluding steroid dienone is 2. The van der Waals surface area contributed by atoms with Crippen molar-refractivity contribution in [1.82, 2.24) is 4.90 Å². The first kappa shape index (κ1) is 16.3. The Hall–Kier alpha value is -2.10. The number of amides is 2. The molecule has 0 unspecified atom stereocenters. The van der Waals surface area contributed by atoms with E-state index in [-0.39, 0.29) is 24.5 Å². The number of ether oxygens (including phenoxy) is 1. The molecular formula is C18H23NO3.